The third kappa shape index (κ3) is 5.57. The lowest BCUT2D eigenvalue weighted by Crippen LogP contribution is -2.21. The first-order chi connectivity index (χ1) is 12.5. The highest BCUT2D eigenvalue weighted by atomic mass is 16.5. The molecule has 2 N–H and O–H groups in total. The van der Waals surface area contributed by atoms with Crippen molar-refractivity contribution in [2.45, 2.75) is 26.4 Å². The number of nitrogens with one attached hydrogen (secondary N) is 1. The van der Waals surface area contributed by atoms with Crippen LogP contribution < -0.4 is 5.43 Å². The van der Waals surface area contributed by atoms with Gasteiger partial charge in [-0.15, -0.1) is 0 Å². The van der Waals surface area contributed by atoms with Gasteiger partial charge in [-0.1, -0.05) is 54.6 Å². The summed E-state index contributed by atoms with van der Waals surface area (Å²) in [6.45, 7) is 7.88. The maximum Gasteiger partial charge on any atom is 0.354 e. The summed E-state index contributed by atoms with van der Waals surface area (Å²) in [6, 6.07) is 16.8. The normalized spacial score (nSPS) is 12.3. The standard InChI is InChI=1S/C21H24N2O3/c1-4-26-21(25)19(23-22-18-12-10-15(2)11-13-18)14-16(3)20(24)17-8-6-5-7-9-17/h5-13,20,22,24H,3-4,14H2,1-2H3/b23-19+. The molecule has 5 nitrogen and oxygen atoms in total. The molecule has 5 heteroatoms. The Morgan fingerprint density at radius 3 is 2.46 bits per heavy atom. The minimum atomic E-state index is -0.879. The van der Waals surface area contributed by atoms with Crippen molar-refractivity contribution in [2.24, 2.45) is 5.10 Å². The van der Waals surface area contributed by atoms with Crippen LogP contribution in [0.1, 0.15) is 30.6 Å². The summed E-state index contributed by atoms with van der Waals surface area (Å²) in [4.78, 5) is 12.2. The van der Waals surface area contributed by atoms with Crippen LogP contribution in [0.4, 0.5) is 5.69 Å². The smallest absolute Gasteiger partial charge is 0.354 e. The SMILES string of the molecule is C=C(C/C(=N\Nc1ccc(C)cc1)C(=O)OCC)C(O)c1ccccc1. The molecule has 0 aliphatic carbocycles. The minimum absolute atomic E-state index is 0.105. The number of esters is 1. The van der Waals surface area contributed by atoms with Crippen molar-refractivity contribution in [3.8, 4) is 0 Å². The highest BCUT2D eigenvalue weighted by Gasteiger charge is 2.19. The van der Waals surface area contributed by atoms with Crippen LogP contribution >= 0.6 is 0 Å². The molecular formula is C21H24N2O3. The largest absolute Gasteiger partial charge is 0.461 e. The van der Waals surface area contributed by atoms with Crippen LogP contribution in [0.25, 0.3) is 0 Å². The van der Waals surface area contributed by atoms with Gasteiger partial charge in [-0.05, 0) is 37.1 Å². The van der Waals surface area contributed by atoms with Gasteiger partial charge >= 0.3 is 5.97 Å². The molecular weight excluding hydrogens is 328 g/mol. The van der Waals surface area contributed by atoms with Crippen LogP contribution in [0, 0.1) is 6.92 Å². The number of benzene rings is 2. The molecule has 26 heavy (non-hydrogen) atoms. The Labute approximate surface area is 154 Å². The van der Waals surface area contributed by atoms with Crippen LogP contribution in [-0.2, 0) is 9.53 Å². The predicted octanol–water partition coefficient (Wildman–Crippen LogP) is 4.01. The van der Waals surface area contributed by atoms with Gasteiger partial charge in [-0.3, -0.25) is 5.43 Å². The molecule has 0 aliphatic rings. The zero-order valence-electron chi connectivity index (χ0n) is 15.1. The van der Waals surface area contributed by atoms with Gasteiger partial charge in [0.25, 0.3) is 0 Å². The summed E-state index contributed by atoms with van der Waals surface area (Å²) >= 11 is 0. The van der Waals surface area contributed by atoms with E-state index in [9.17, 15) is 9.90 Å². The Morgan fingerprint density at radius 1 is 1.19 bits per heavy atom. The number of hydrazone groups is 1. The van der Waals surface area contributed by atoms with Crippen molar-refractivity contribution in [1.29, 1.82) is 0 Å². The number of aliphatic hydroxyl groups is 1. The van der Waals surface area contributed by atoms with Crippen molar-refractivity contribution < 1.29 is 14.6 Å². The number of rotatable bonds is 8. The average Bonchev–Trinajstić information content (AvgIpc) is 2.66. The maximum absolute atomic E-state index is 12.2. The van der Waals surface area contributed by atoms with E-state index in [0.29, 0.717) is 11.1 Å². The van der Waals surface area contributed by atoms with Gasteiger partial charge in [-0.2, -0.15) is 5.10 Å². The molecule has 0 saturated heterocycles. The number of hydrogen-bond donors (Lipinski definition) is 2. The van der Waals surface area contributed by atoms with Crippen LogP contribution in [0.3, 0.4) is 0 Å². The molecule has 0 fully saturated rings. The van der Waals surface area contributed by atoms with Gasteiger partial charge in [0.15, 0.2) is 0 Å². The number of carbonyl (C=O) groups is 1. The summed E-state index contributed by atoms with van der Waals surface area (Å²) < 4.78 is 5.07. The highest BCUT2D eigenvalue weighted by Crippen LogP contribution is 2.23. The quantitative estimate of drug-likeness (QED) is 0.326. The van der Waals surface area contributed by atoms with Crippen LogP contribution in [-0.4, -0.2) is 23.4 Å². The number of nitrogens with zero attached hydrogens (tertiary/aromatic N) is 1. The lowest BCUT2D eigenvalue weighted by Gasteiger charge is -2.15. The van der Waals surface area contributed by atoms with Gasteiger partial charge in [0, 0.05) is 6.42 Å². The average molecular weight is 352 g/mol. The van der Waals surface area contributed by atoms with Crippen molar-refractivity contribution in [3.05, 3.63) is 77.9 Å². The Hall–Kier alpha value is -2.92. The van der Waals surface area contributed by atoms with E-state index in [1.807, 2.05) is 61.5 Å². The lowest BCUT2D eigenvalue weighted by molar-refractivity contribution is -0.135. The van der Waals surface area contributed by atoms with Crippen LogP contribution in [0.15, 0.2) is 71.9 Å². The fourth-order valence-corrected chi connectivity index (χ4v) is 2.31. The second kappa shape index (κ2) is 9.53. The van der Waals surface area contributed by atoms with Gasteiger partial charge in [0.1, 0.15) is 11.8 Å². The first-order valence-electron chi connectivity index (χ1n) is 8.48. The summed E-state index contributed by atoms with van der Waals surface area (Å²) in [5.74, 6) is -0.534. The first kappa shape index (κ1) is 19.4. The molecule has 0 heterocycles. The van der Waals surface area contributed by atoms with E-state index in [2.05, 4.69) is 17.1 Å². The van der Waals surface area contributed by atoms with Gasteiger partial charge in [0.2, 0.25) is 0 Å². The monoisotopic (exact) mass is 352 g/mol. The van der Waals surface area contributed by atoms with Crippen LogP contribution in [0.5, 0.6) is 0 Å². The third-order valence-corrected chi connectivity index (χ3v) is 3.78. The van der Waals surface area contributed by atoms with E-state index < -0.39 is 12.1 Å². The van der Waals surface area contributed by atoms with E-state index in [4.69, 9.17) is 4.74 Å². The Kier molecular flexibility index (Phi) is 7.12. The van der Waals surface area contributed by atoms with Gasteiger partial charge in [-0.25, -0.2) is 4.79 Å². The fraction of sp³-hybridized carbons (Fsp3) is 0.238. The molecule has 0 amide bonds. The molecule has 0 aliphatic heterocycles. The van der Waals surface area contributed by atoms with E-state index in [1.165, 1.54) is 0 Å². The Morgan fingerprint density at radius 2 is 1.85 bits per heavy atom. The van der Waals surface area contributed by atoms with Crippen LogP contribution in [0.2, 0.25) is 0 Å². The molecule has 2 aromatic rings. The highest BCUT2D eigenvalue weighted by molar-refractivity contribution is 6.37. The number of hydrogen-bond acceptors (Lipinski definition) is 5. The van der Waals surface area contributed by atoms with Crippen molar-refractivity contribution in [1.82, 2.24) is 0 Å². The van der Waals surface area contributed by atoms with E-state index >= 15 is 0 Å². The number of ether oxygens (including phenoxy) is 1. The van der Waals surface area contributed by atoms with E-state index in [-0.39, 0.29) is 18.7 Å². The molecule has 0 spiro atoms. The first-order valence-corrected chi connectivity index (χ1v) is 8.48. The fourth-order valence-electron chi connectivity index (χ4n) is 2.31. The Bertz CT molecular complexity index is 768. The summed E-state index contributed by atoms with van der Waals surface area (Å²) in [5.41, 5.74) is 6.09. The summed E-state index contributed by atoms with van der Waals surface area (Å²) in [5, 5.41) is 14.6. The summed E-state index contributed by atoms with van der Waals surface area (Å²) in [6.07, 6.45) is -0.775. The molecule has 1 unspecified atom stereocenters. The van der Waals surface area contributed by atoms with Gasteiger partial charge in [0.05, 0.1) is 12.3 Å². The van der Waals surface area contributed by atoms with Crippen molar-refractivity contribution in [3.63, 3.8) is 0 Å². The zero-order valence-corrected chi connectivity index (χ0v) is 15.1. The molecule has 136 valence electrons. The van der Waals surface area contributed by atoms with Gasteiger partial charge < -0.3 is 9.84 Å². The third-order valence-electron chi connectivity index (χ3n) is 3.78. The molecule has 1 atom stereocenters. The maximum atomic E-state index is 12.2. The predicted molar refractivity (Wildman–Crippen MR) is 104 cm³/mol. The molecule has 2 aromatic carbocycles. The molecule has 2 rings (SSSR count). The van der Waals surface area contributed by atoms with Crippen molar-refractivity contribution in [2.75, 3.05) is 12.0 Å². The van der Waals surface area contributed by atoms with E-state index in [0.717, 1.165) is 11.3 Å². The number of carbonyl (C=O) groups excluding carboxylic acids is 1. The number of aliphatic hydroxyl groups excluding tert-OH is 1. The molecule has 0 bridgehead atoms. The second-order valence-corrected chi connectivity index (χ2v) is 5.91. The molecule has 0 aromatic heterocycles. The summed E-state index contributed by atoms with van der Waals surface area (Å²) in [7, 11) is 0. The topological polar surface area (TPSA) is 70.9 Å². The minimum Gasteiger partial charge on any atom is -0.461 e. The number of anilines is 1. The number of aryl methyl sites for hydroxylation is 1. The van der Waals surface area contributed by atoms with E-state index in [1.54, 1.807) is 6.92 Å². The van der Waals surface area contributed by atoms with Crippen molar-refractivity contribution >= 4 is 17.4 Å². The molecule has 0 radical (unpaired) electrons. The zero-order chi connectivity index (χ0) is 18.9. The Balaban J connectivity index is 2.13. The second-order valence-electron chi connectivity index (χ2n) is 5.91. The lowest BCUT2D eigenvalue weighted by atomic mass is 9.98. The molecule has 0 saturated carbocycles.